The molecule has 6 nitrogen and oxygen atoms in total. The molecule has 7 heteroatoms. The molecular weight excluding hydrogens is 332 g/mol. The third-order valence-corrected chi connectivity index (χ3v) is 3.50. The Morgan fingerprint density at radius 2 is 2.14 bits per heavy atom. The van der Waals surface area contributed by atoms with E-state index in [-0.39, 0.29) is 0 Å². The smallest absolute Gasteiger partial charge is 0.143 e. The van der Waals surface area contributed by atoms with Gasteiger partial charge in [0.05, 0.1) is 5.69 Å². The fraction of sp³-hybridized carbons (Fsp3) is 0.143. The van der Waals surface area contributed by atoms with E-state index in [4.69, 9.17) is 0 Å². The van der Waals surface area contributed by atoms with Crippen molar-refractivity contribution in [2.24, 2.45) is 0 Å². The van der Waals surface area contributed by atoms with E-state index in [1.807, 2.05) is 37.4 Å². The van der Waals surface area contributed by atoms with E-state index in [9.17, 15) is 0 Å². The highest BCUT2D eigenvalue weighted by Crippen LogP contribution is 2.19. The molecular formula is C14H13BrN6. The number of anilines is 1. The van der Waals surface area contributed by atoms with E-state index in [0.29, 0.717) is 6.54 Å². The van der Waals surface area contributed by atoms with E-state index in [1.54, 1.807) is 17.2 Å². The van der Waals surface area contributed by atoms with Crippen LogP contribution in [-0.2, 0) is 6.54 Å². The summed E-state index contributed by atoms with van der Waals surface area (Å²) in [5.74, 6) is 0. The minimum atomic E-state index is 0.699. The first kappa shape index (κ1) is 13.7. The van der Waals surface area contributed by atoms with Gasteiger partial charge in [-0.15, -0.1) is 5.10 Å². The van der Waals surface area contributed by atoms with Crippen LogP contribution in [0.2, 0.25) is 0 Å². The number of aromatic nitrogens is 5. The molecule has 0 atom stereocenters. The van der Waals surface area contributed by atoms with Gasteiger partial charge in [-0.3, -0.25) is 4.98 Å². The van der Waals surface area contributed by atoms with Crippen LogP contribution in [0.3, 0.4) is 0 Å². The molecule has 0 aliphatic heterocycles. The summed E-state index contributed by atoms with van der Waals surface area (Å²) < 4.78 is 2.63. The molecule has 2 aromatic heterocycles. The van der Waals surface area contributed by atoms with Gasteiger partial charge in [0.15, 0.2) is 0 Å². The normalized spacial score (nSPS) is 10.6. The van der Waals surface area contributed by atoms with E-state index < -0.39 is 0 Å². The van der Waals surface area contributed by atoms with Crippen LogP contribution in [0.5, 0.6) is 0 Å². The van der Waals surface area contributed by atoms with Crippen LogP contribution in [0.15, 0.2) is 47.5 Å². The zero-order chi connectivity index (χ0) is 14.7. The zero-order valence-electron chi connectivity index (χ0n) is 11.4. The monoisotopic (exact) mass is 344 g/mol. The maximum atomic E-state index is 4.15. The van der Waals surface area contributed by atoms with Crippen molar-refractivity contribution < 1.29 is 0 Å². The summed E-state index contributed by atoms with van der Waals surface area (Å²) in [6.07, 6.45) is 5.20. The van der Waals surface area contributed by atoms with Crippen molar-refractivity contribution in [3.8, 4) is 5.69 Å². The van der Waals surface area contributed by atoms with Crippen molar-refractivity contribution in [3.63, 3.8) is 0 Å². The zero-order valence-corrected chi connectivity index (χ0v) is 12.9. The predicted molar refractivity (Wildman–Crippen MR) is 83.2 cm³/mol. The van der Waals surface area contributed by atoms with E-state index >= 15 is 0 Å². The summed E-state index contributed by atoms with van der Waals surface area (Å²) in [6.45, 7) is 2.73. The first-order valence-electron chi connectivity index (χ1n) is 6.40. The van der Waals surface area contributed by atoms with Crippen molar-refractivity contribution in [1.29, 1.82) is 0 Å². The van der Waals surface area contributed by atoms with Crippen LogP contribution in [0.1, 0.15) is 11.1 Å². The molecule has 0 radical (unpaired) electrons. The summed E-state index contributed by atoms with van der Waals surface area (Å²) in [5, 5.41) is 14.6. The lowest BCUT2D eigenvalue weighted by Crippen LogP contribution is -2.03. The first-order chi connectivity index (χ1) is 10.2. The Bertz CT molecular complexity index is 741. The van der Waals surface area contributed by atoms with Crippen LogP contribution < -0.4 is 5.32 Å². The molecule has 1 N–H and O–H groups in total. The number of hydrogen-bond donors (Lipinski definition) is 1. The Balaban J connectivity index is 1.79. The van der Waals surface area contributed by atoms with Crippen molar-refractivity contribution >= 4 is 21.6 Å². The summed E-state index contributed by atoms with van der Waals surface area (Å²) in [5.41, 5.74) is 4.18. The number of halogens is 1. The molecule has 2 heterocycles. The number of aryl methyl sites for hydroxylation is 1. The molecule has 0 fully saturated rings. The van der Waals surface area contributed by atoms with Crippen LogP contribution in [0, 0.1) is 6.92 Å². The van der Waals surface area contributed by atoms with Gasteiger partial charge in [-0.1, -0.05) is 6.07 Å². The minimum Gasteiger partial charge on any atom is -0.381 e. The van der Waals surface area contributed by atoms with Crippen molar-refractivity contribution in [2.45, 2.75) is 13.5 Å². The lowest BCUT2D eigenvalue weighted by Gasteiger charge is -2.10. The van der Waals surface area contributed by atoms with Gasteiger partial charge >= 0.3 is 0 Å². The quantitative estimate of drug-likeness (QED) is 0.788. The Hall–Kier alpha value is -2.28. The average Bonchev–Trinajstić information content (AvgIpc) is 3.00. The molecule has 0 amide bonds. The molecule has 0 saturated carbocycles. The molecule has 0 aliphatic carbocycles. The third-order valence-electron chi connectivity index (χ3n) is 3.06. The molecule has 0 saturated heterocycles. The lowest BCUT2D eigenvalue weighted by molar-refractivity contribution is 0.785. The van der Waals surface area contributed by atoms with Gasteiger partial charge in [-0.05, 0) is 62.6 Å². The van der Waals surface area contributed by atoms with Gasteiger partial charge in [0, 0.05) is 29.1 Å². The van der Waals surface area contributed by atoms with Gasteiger partial charge in [0.1, 0.15) is 6.33 Å². The fourth-order valence-electron chi connectivity index (χ4n) is 1.99. The fourth-order valence-corrected chi connectivity index (χ4v) is 2.41. The minimum absolute atomic E-state index is 0.699. The van der Waals surface area contributed by atoms with Crippen molar-refractivity contribution in [1.82, 2.24) is 25.2 Å². The largest absolute Gasteiger partial charge is 0.381 e. The summed E-state index contributed by atoms with van der Waals surface area (Å²) in [4.78, 5) is 4.15. The average molecular weight is 345 g/mol. The first-order valence-corrected chi connectivity index (χ1v) is 7.19. The Labute approximate surface area is 130 Å². The van der Waals surface area contributed by atoms with E-state index in [2.05, 4.69) is 41.8 Å². The second kappa shape index (κ2) is 6.01. The number of nitrogens with one attached hydrogen (secondary N) is 1. The molecule has 0 unspecified atom stereocenters. The lowest BCUT2D eigenvalue weighted by atomic mass is 10.1. The Kier molecular flexibility index (Phi) is 3.92. The molecule has 3 rings (SSSR count). The Morgan fingerprint density at radius 3 is 2.90 bits per heavy atom. The van der Waals surface area contributed by atoms with Crippen molar-refractivity contribution in [2.75, 3.05) is 5.32 Å². The van der Waals surface area contributed by atoms with Gasteiger partial charge in [0.25, 0.3) is 0 Å². The highest BCUT2D eigenvalue weighted by molar-refractivity contribution is 9.10. The molecule has 3 aromatic rings. The van der Waals surface area contributed by atoms with Gasteiger partial charge in [-0.25, -0.2) is 4.68 Å². The van der Waals surface area contributed by atoms with Crippen LogP contribution >= 0.6 is 15.9 Å². The van der Waals surface area contributed by atoms with Crippen LogP contribution in [-0.4, -0.2) is 25.2 Å². The van der Waals surface area contributed by atoms with E-state index in [0.717, 1.165) is 27.0 Å². The Morgan fingerprint density at radius 1 is 1.24 bits per heavy atom. The molecule has 0 aliphatic rings. The summed E-state index contributed by atoms with van der Waals surface area (Å²) in [7, 11) is 0. The topological polar surface area (TPSA) is 68.5 Å². The predicted octanol–water partition coefficient (Wildman–Crippen LogP) is 2.74. The van der Waals surface area contributed by atoms with Crippen LogP contribution in [0.25, 0.3) is 5.69 Å². The number of nitrogens with zero attached hydrogens (tertiary/aromatic N) is 5. The highest BCUT2D eigenvalue weighted by Gasteiger charge is 2.04. The van der Waals surface area contributed by atoms with E-state index in [1.165, 1.54) is 0 Å². The second-order valence-electron chi connectivity index (χ2n) is 4.62. The van der Waals surface area contributed by atoms with Gasteiger partial charge in [0.2, 0.25) is 0 Å². The number of rotatable bonds is 4. The molecule has 106 valence electrons. The second-order valence-corrected chi connectivity index (χ2v) is 5.54. The standard InChI is InChI=1S/C14H13BrN6/c1-10-2-3-13(5-14(10)21-9-18-19-20-21)17-7-11-4-12(15)8-16-6-11/h2-6,8-9,17H,7H2,1H3. The SMILES string of the molecule is Cc1ccc(NCc2cncc(Br)c2)cc1-n1cnnn1. The molecule has 0 bridgehead atoms. The maximum Gasteiger partial charge on any atom is 0.143 e. The maximum absolute atomic E-state index is 4.15. The highest BCUT2D eigenvalue weighted by atomic mass is 79.9. The number of hydrogen-bond acceptors (Lipinski definition) is 5. The summed E-state index contributed by atoms with van der Waals surface area (Å²) in [6, 6.07) is 8.14. The summed E-state index contributed by atoms with van der Waals surface area (Å²) >= 11 is 3.42. The molecule has 0 spiro atoms. The third kappa shape index (κ3) is 3.25. The molecule has 1 aromatic carbocycles. The number of tetrazole rings is 1. The number of pyridine rings is 1. The van der Waals surface area contributed by atoms with Crippen molar-refractivity contribution in [3.05, 3.63) is 58.6 Å². The molecule has 21 heavy (non-hydrogen) atoms. The number of benzene rings is 1. The van der Waals surface area contributed by atoms with Gasteiger partial charge in [-0.2, -0.15) is 0 Å². The van der Waals surface area contributed by atoms with Gasteiger partial charge < -0.3 is 5.32 Å². The van der Waals surface area contributed by atoms with Crippen LogP contribution in [0.4, 0.5) is 5.69 Å².